The largest absolute Gasteiger partial charge is 0.309 e. The third-order valence-corrected chi connectivity index (χ3v) is 8.84. The van der Waals surface area contributed by atoms with Crippen molar-refractivity contribution in [3.05, 3.63) is 108 Å². The van der Waals surface area contributed by atoms with Crippen LogP contribution in [0.1, 0.15) is 25.0 Å². The average molecular weight is 485 g/mol. The van der Waals surface area contributed by atoms with Gasteiger partial charge in [0.25, 0.3) is 0 Å². The second kappa shape index (κ2) is 7.62. The van der Waals surface area contributed by atoms with Crippen molar-refractivity contribution >= 4 is 61.7 Å². The lowest BCUT2D eigenvalue weighted by Gasteiger charge is -2.45. The number of benzene rings is 6. The van der Waals surface area contributed by atoms with Crippen molar-refractivity contribution in [2.75, 3.05) is 4.90 Å². The van der Waals surface area contributed by atoms with Crippen molar-refractivity contribution in [1.82, 2.24) is 0 Å². The first kappa shape index (κ1) is 21.8. The Morgan fingerprint density at radius 2 is 0.921 bits per heavy atom. The fraction of sp³-hybridized carbons (Fsp3) is 0.111. The van der Waals surface area contributed by atoms with Crippen LogP contribution in [0, 0.1) is 13.8 Å². The van der Waals surface area contributed by atoms with E-state index in [1.165, 1.54) is 88.4 Å². The minimum atomic E-state index is 0.203. The Bertz CT molecular complexity index is 1850. The highest BCUT2D eigenvalue weighted by atomic mass is 15.2. The van der Waals surface area contributed by atoms with Gasteiger partial charge in [-0.25, -0.2) is 0 Å². The molecule has 2 heteroatoms. The van der Waals surface area contributed by atoms with Gasteiger partial charge in [-0.15, -0.1) is 0 Å². The molecule has 0 unspecified atom stereocenters. The van der Waals surface area contributed by atoms with Gasteiger partial charge in [0.2, 0.25) is 6.71 Å². The third-order valence-electron chi connectivity index (χ3n) is 8.84. The SMILES string of the molecule is CC.Cc1cccc(C)c1B1c2ccc3cccc4c3c2N2c3c-4cccc3-c3cccc4ccc1c2c34. The molecule has 38 heavy (non-hydrogen) atoms. The van der Waals surface area contributed by atoms with Crippen molar-refractivity contribution in [3.63, 3.8) is 0 Å². The molecule has 0 spiro atoms. The maximum atomic E-state index is 2.63. The molecule has 9 rings (SSSR count). The van der Waals surface area contributed by atoms with Gasteiger partial charge in [0, 0.05) is 33.3 Å². The Kier molecular flexibility index (Phi) is 4.36. The van der Waals surface area contributed by atoms with Gasteiger partial charge < -0.3 is 4.90 Å². The zero-order valence-electron chi connectivity index (χ0n) is 22.3. The second-order valence-corrected chi connectivity index (χ2v) is 10.6. The lowest BCUT2D eigenvalue weighted by molar-refractivity contribution is 1.29. The highest BCUT2D eigenvalue weighted by molar-refractivity contribution is 6.99. The predicted molar refractivity (Wildman–Crippen MR) is 166 cm³/mol. The van der Waals surface area contributed by atoms with E-state index < -0.39 is 0 Å². The van der Waals surface area contributed by atoms with Crippen LogP contribution in [0.2, 0.25) is 0 Å². The standard InChI is InChI=1S/C34H22BN.C2H6/c1-19-7-3-8-20(2)31(19)35-27-17-15-21-9-4-11-23-25-13-6-14-26-24-12-5-10-22-16-18-28(35)34(30(22)24)36(32(25)26)33(27)29(21)23;1-2/h3-18H,1-2H3;1-2H3. The number of aryl methyl sites for hydroxylation is 2. The summed E-state index contributed by atoms with van der Waals surface area (Å²) in [5, 5.41) is 5.41. The highest BCUT2D eigenvalue weighted by Crippen LogP contribution is 2.59. The van der Waals surface area contributed by atoms with Crippen LogP contribution in [0.3, 0.4) is 0 Å². The van der Waals surface area contributed by atoms with Gasteiger partial charge in [-0.3, -0.25) is 0 Å². The number of anilines is 3. The molecule has 0 bridgehead atoms. The summed E-state index contributed by atoms with van der Waals surface area (Å²) in [4.78, 5) is 2.63. The van der Waals surface area contributed by atoms with Gasteiger partial charge in [-0.05, 0) is 46.7 Å². The van der Waals surface area contributed by atoms with Gasteiger partial charge in [-0.1, -0.05) is 127 Å². The fourth-order valence-corrected chi connectivity index (χ4v) is 7.46. The number of hydrogen-bond acceptors (Lipinski definition) is 1. The van der Waals surface area contributed by atoms with E-state index in [0.717, 1.165) is 0 Å². The molecule has 6 aromatic carbocycles. The molecule has 0 aliphatic carbocycles. The Morgan fingerprint density at radius 1 is 0.474 bits per heavy atom. The molecule has 0 N–H and O–H groups in total. The van der Waals surface area contributed by atoms with E-state index in [-0.39, 0.29) is 6.71 Å². The summed E-state index contributed by atoms with van der Waals surface area (Å²) < 4.78 is 0. The summed E-state index contributed by atoms with van der Waals surface area (Å²) in [6, 6.07) is 36.7. The molecule has 0 radical (unpaired) electrons. The zero-order valence-corrected chi connectivity index (χ0v) is 22.3. The molecular weight excluding hydrogens is 457 g/mol. The normalized spacial score (nSPS) is 13.2. The number of hydrogen-bond donors (Lipinski definition) is 0. The van der Waals surface area contributed by atoms with Gasteiger partial charge >= 0.3 is 0 Å². The van der Waals surface area contributed by atoms with Crippen LogP contribution in [0.4, 0.5) is 17.1 Å². The van der Waals surface area contributed by atoms with E-state index in [0.29, 0.717) is 0 Å². The lowest BCUT2D eigenvalue weighted by Crippen LogP contribution is -2.59. The predicted octanol–water partition coefficient (Wildman–Crippen LogP) is 7.90. The summed E-state index contributed by atoms with van der Waals surface area (Å²) in [5.41, 5.74) is 16.5. The number of nitrogens with zero attached hydrogens (tertiary/aromatic N) is 1. The smallest absolute Gasteiger partial charge is 0.247 e. The third kappa shape index (κ3) is 2.48. The van der Waals surface area contributed by atoms with Gasteiger partial charge in [-0.2, -0.15) is 0 Å². The Hall–Kier alpha value is -4.30. The van der Waals surface area contributed by atoms with Gasteiger partial charge in [0.1, 0.15) is 0 Å². The number of para-hydroxylation sites is 1. The van der Waals surface area contributed by atoms with Crippen LogP contribution >= 0.6 is 0 Å². The molecule has 3 aliphatic heterocycles. The maximum Gasteiger partial charge on any atom is 0.247 e. The minimum Gasteiger partial charge on any atom is -0.309 e. The number of rotatable bonds is 1. The Labute approximate surface area is 224 Å². The summed E-state index contributed by atoms with van der Waals surface area (Å²) in [5.74, 6) is 0. The monoisotopic (exact) mass is 485 g/mol. The second-order valence-electron chi connectivity index (χ2n) is 10.6. The van der Waals surface area contributed by atoms with Crippen LogP contribution in [0.25, 0.3) is 43.8 Å². The topological polar surface area (TPSA) is 3.24 Å². The first-order chi connectivity index (χ1) is 18.7. The minimum absolute atomic E-state index is 0.203. The molecule has 6 aromatic rings. The molecule has 3 aliphatic rings. The van der Waals surface area contributed by atoms with Crippen molar-refractivity contribution < 1.29 is 0 Å². The average Bonchev–Trinajstić information content (AvgIpc) is 2.96. The molecule has 0 saturated heterocycles. The first-order valence-electron chi connectivity index (χ1n) is 13.8. The molecule has 1 nitrogen and oxygen atoms in total. The van der Waals surface area contributed by atoms with Crippen LogP contribution in [0.15, 0.2) is 97.1 Å². The van der Waals surface area contributed by atoms with E-state index in [4.69, 9.17) is 0 Å². The summed E-state index contributed by atoms with van der Waals surface area (Å²) in [7, 11) is 0. The first-order valence-corrected chi connectivity index (χ1v) is 13.8. The summed E-state index contributed by atoms with van der Waals surface area (Å²) in [6.45, 7) is 8.75. The fourth-order valence-electron chi connectivity index (χ4n) is 7.46. The van der Waals surface area contributed by atoms with Gasteiger partial charge in [0.15, 0.2) is 0 Å². The Morgan fingerprint density at radius 3 is 1.45 bits per heavy atom. The number of fused-ring (bicyclic) bond motifs is 2. The van der Waals surface area contributed by atoms with Crippen LogP contribution < -0.4 is 21.3 Å². The van der Waals surface area contributed by atoms with E-state index in [1.807, 2.05) is 13.8 Å². The van der Waals surface area contributed by atoms with Crippen LogP contribution in [0.5, 0.6) is 0 Å². The molecular formula is C36H28BN. The maximum absolute atomic E-state index is 2.63. The summed E-state index contributed by atoms with van der Waals surface area (Å²) in [6.07, 6.45) is 0. The van der Waals surface area contributed by atoms with Gasteiger partial charge in [0.05, 0.1) is 5.69 Å². The Balaban J connectivity index is 0.00000110. The van der Waals surface area contributed by atoms with Crippen molar-refractivity contribution in [1.29, 1.82) is 0 Å². The van der Waals surface area contributed by atoms with E-state index >= 15 is 0 Å². The van der Waals surface area contributed by atoms with Crippen molar-refractivity contribution in [2.45, 2.75) is 27.7 Å². The summed E-state index contributed by atoms with van der Waals surface area (Å²) >= 11 is 0. The molecule has 0 atom stereocenters. The molecule has 0 saturated carbocycles. The van der Waals surface area contributed by atoms with E-state index in [9.17, 15) is 0 Å². The van der Waals surface area contributed by atoms with Crippen LogP contribution in [-0.4, -0.2) is 6.71 Å². The molecule has 0 fully saturated rings. The van der Waals surface area contributed by atoms with E-state index in [1.54, 1.807) is 0 Å². The highest BCUT2D eigenvalue weighted by Gasteiger charge is 2.43. The van der Waals surface area contributed by atoms with Crippen molar-refractivity contribution in [2.24, 2.45) is 0 Å². The zero-order chi connectivity index (χ0) is 25.7. The quantitative estimate of drug-likeness (QED) is 0.214. The van der Waals surface area contributed by atoms with Crippen LogP contribution in [-0.2, 0) is 0 Å². The molecule has 180 valence electrons. The molecule has 0 amide bonds. The lowest BCUT2D eigenvalue weighted by atomic mass is 9.33. The van der Waals surface area contributed by atoms with Crippen molar-refractivity contribution in [3.8, 4) is 22.3 Å². The molecule has 0 aromatic heterocycles. The molecule has 3 heterocycles. The van der Waals surface area contributed by atoms with E-state index in [2.05, 4.69) is 116 Å².